The summed E-state index contributed by atoms with van der Waals surface area (Å²) >= 11 is 11.7. The van der Waals surface area contributed by atoms with Gasteiger partial charge in [0.2, 0.25) is 0 Å². The summed E-state index contributed by atoms with van der Waals surface area (Å²) in [4.78, 5) is 24.9. The molecule has 0 saturated carbocycles. The monoisotopic (exact) mass is 297 g/mol. The van der Waals surface area contributed by atoms with E-state index >= 15 is 0 Å². The molecule has 0 fully saturated rings. The molecule has 1 heterocycles. The van der Waals surface area contributed by atoms with Crippen molar-refractivity contribution in [2.75, 3.05) is 0 Å². The van der Waals surface area contributed by atoms with Crippen molar-refractivity contribution >= 4 is 29.2 Å². The number of hydrogen-bond acceptors (Lipinski definition) is 2. The highest BCUT2D eigenvalue weighted by Crippen LogP contribution is 2.23. The van der Waals surface area contributed by atoms with Gasteiger partial charge in [0, 0.05) is 18.2 Å². The van der Waals surface area contributed by atoms with Crippen molar-refractivity contribution in [1.29, 1.82) is 0 Å². The first-order valence-corrected chi connectivity index (χ1v) is 6.12. The zero-order chi connectivity index (χ0) is 14.0. The van der Waals surface area contributed by atoms with E-state index in [1.807, 2.05) is 0 Å². The Labute approximate surface area is 118 Å². The fraction of sp³-hybridized carbons (Fsp3) is 0.0769. The minimum absolute atomic E-state index is 0.0367. The van der Waals surface area contributed by atoms with Gasteiger partial charge in [0.25, 0.3) is 5.56 Å². The number of hydrogen-bond donors (Lipinski definition) is 2. The first-order valence-electron chi connectivity index (χ1n) is 5.36. The van der Waals surface area contributed by atoms with E-state index in [0.717, 1.165) is 5.56 Å². The maximum Gasteiger partial charge on any atom is 0.337 e. The summed E-state index contributed by atoms with van der Waals surface area (Å²) in [6.07, 6.45) is 1.45. The number of aromatic amines is 1. The number of rotatable bonds is 3. The van der Waals surface area contributed by atoms with Gasteiger partial charge >= 0.3 is 5.97 Å². The van der Waals surface area contributed by atoms with Crippen LogP contribution >= 0.6 is 23.2 Å². The van der Waals surface area contributed by atoms with Crippen LogP contribution in [0.1, 0.15) is 21.5 Å². The van der Waals surface area contributed by atoms with E-state index in [9.17, 15) is 9.59 Å². The molecule has 4 nitrogen and oxygen atoms in total. The topological polar surface area (TPSA) is 70.2 Å². The fourth-order valence-electron chi connectivity index (χ4n) is 1.66. The number of aromatic carboxylic acids is 1. The highest BCUT2D eigenvalue weighted by Gasteiger charge is 2.08. The lowest BCUT2D eigenvalue weighted by molar-refractivity contribution is 0.0696. The van der Waals surface area contributed by atoms with Crippen LogP contribution in [-0.4, -0.2) is 16.1 Å². The van der Waals surface area contributed by atoms with Gasteiger partial charge < -0.3 is 10.1 Å². The first-order chi connectivity index (χ1) is 8.97. The van der Waals surface area contributed by atoms with Gasteiger partial charge in [-0.2, -0.15) is 0 Å². The van der Waals surface area contributed by atoms with Crippen LogP contribution in [0, 0.1) is 0 Å². The Bertz CT molecular complexity index is 695. The molecule has 0 atom stereocenters. The normalized spacial score (nSPS) is 10.4. The molecular formula is C13H9Cl2NO3. The molecule has 2 aromatic rings. The van der Waals surface area contributed by atoms with Crippen molar-refractivity contribution in [3.63, 3.8) is 0 Å². The quantitative estimate of drug-likeness (QED) is 0.915. The summed E-state index contributed by atoms with van der Waals surface area (Å²) in [5, 5.41) is 9.71. The Morgan fingerprint density at radius 2 is 1.95 bits per heavy atom. The summed E-state index contributed by atoms with van der Waals surface area (Å²) in [7, 11) is 0. The van der Waals surface area contributed by atoms with Gasteiger partial charge in [-0.25, -0.2) is 4.79 Å². The van der Waals surface area contributed by atoms with Crippen LogP contribution in [0.15, 0.2) is 35.3 Å². The molecule has 1 aromatic carbocycles. The van der Waals surface area contributed by atoms with E-state index in [0.29, 0.717) is 15.6 Å². The smallest absolute Gasteiger partial charge is 0.337 e. The van der Waals surface area contributed by atoms with Crippen LogP contribution in [-0.2, 0) is 6.42 Å². The van der Waals surface area contributed by atoms with Crippen molar-refractivity contribution in [2.45, 2.75) is 6.42 Å². The zero-order valence-electron chi connectivity index (χ0n) is 9.61. The van der Waals surface area contributed by atoms with Gasteiger partial charge in [-0.1, -0.05) is 29.3 Å². The number of benzene rings is 1. The van der Waals surface area contributed by atoms with E-state index in [2.05, 4.69) is 4.98 Å². The van der Waals surface area contributed by atoms with Gasteiger partial charge in [-0.15, -0.1) is 0 Å². The standard InChI is InChI=1S/C13H9Cl2NO3/c14-10-2-1-7(4-11(10)15)3-8-5-9(13(18)19)6-16-12(8)17/h1-2,4-6H,3H2,(H,16,17)(H,18,19). The van der Waals surface area contributed by atoms with E-state index in [1.54, 1.807) is 18.2 Å². The summed E-state index contributed by atoms with van der Waals surface area (Å²) < 4.78 is 0. The molecule has 0 unspecified atom stereocenters. The Kier molecular flexibility index (Phi) is 3.93. The number of pyridine rings is 1. The molecule has 2 N–H and O–H groups in total. The SMILES string of the molecule is O=C(O)c1c[nH]c(=O)c(Cc2ccc(Cl)c(Cl)c2)c1. The average molecular weight is 298 g/mol. The van der Waals surface area contributed by atoms with Crippen LogP contribution in [0.2, 0.25) is 10.0 Å². The van der Waals surface area contributed by atoms with Gasteiger partial charge in [0.05, 0.1) is 15.6 Å². The van der Waals surface area contributed by atoms with Crippen LogP contribution < -0.4 is 5.56 Å². The Hall–Kier alpha value is -1.78. The summed E-state index contributed by atoms with van der Waals surface area (Å²) in [5.74, 6) is -1.09. The number of carbonyl (C=O) groups is 1. The maximum atomic E-state index is 11.6. The molecule has 0 spiro atoms. The zero-order valence-corrected chi connectivity index (χ0v) is 11.1. The van der Waals surface area contributed by atoms with Crippen molar-refractivity contribution in [2.24, 2.45) is 0 Å². The Balaban J connectivity index is 2.37. The second-order valence-electron chi connectivity index (χ2n) is 3.97. The summed E-state index contributed by atoms with van der Waals surface area (Å²) in [6.45, 7) is 0. The van der Waals surface area contributed by atoms with E-state index in [1.165, 1.54) is 12.3 Å². The van der Waals surface area contributed by atoms with Crippen LogP contribution in [0.3, 0.4) is 0 Å². The molecule has 0 bridgehead atoms. The predicted molar refractivity (Wildman–Crippen MR) is 73.3 cm³/mol. The molecule has 0 saturated heterocycles. The number of carboxylic acids is 1. The minimum Gasteiger partial charge on any atom is -0.478 e. The first kappa shape index (κ1) is 13.6. The van der Waals surface area contributed by atoms with E-state index in [-0.39, 0.29) is 17.5 Å². The molecule has 19 heavy (non-hydrogen) atoms. The molecule has 6 heteroatoms. The highest BCUT2D eigenvalue weighted by atomic mass is 35.5. The van der Waals surface area contributed by atoms with Gasteiger partial charge in [-0.3, -0.25) is 4.79 Å². The molecule has 0 aliphatic heterocycles. The lowest BCUT2D eigenvalue weighted by Gasteiger charge is -2.04. The Morgan fingerprint density at radius 3 is 2.58 bits per heavy atom. The number of H-pyrrole nitrogens is 1. The van der Waals surface area contributed by atoms with Crippen LogP contribution in [0.4, 0.5) is 0 Å². The van der Waals surface area contributed by atoms with Gasteiger partial charge in [0.1, 0.15) is 0 Å². The molecule has 0 aliphatic rings. The Morgan fingerprint density at radius 1 is 1.21 bits per heavy atom. The number of nitrogens with one attached hydrogen (secondary N) is 1. The molecule has 0 aliphatic carbocycles. The molecule has 98 valence electrons. The van der Waals surface area contributed by atoms with Gasteiger partial charge in [0.15, 0.2) is 0 Å². The molecule has 2 rings (SSSR count). The van der Waals surface area contributed by atoms with Crippen molar-refractivity contribution in [3.8, 4) is 0 Å². The molecule has 1 aromatic heterocycles. The summed E-state index contributed by atoms with van der Waals surface area (Å²) in [6, 6.07) is 6.37. The third kappa shape index (κ3) is 3.16. The van der Waals surface area contributed by atoms with Crippen LogP contribution in [0.5, 0.6) is 0 Å². The average Bonchev–Trinajstić information content (AvgIpc) is 2.36. The lowest BCUT2D eigenvalue weighted by atomic mass is 10.1. The molecule has 0 radical (unpaired) electrons. The van der Waals surface area contributed by atoms with E-state index < -0.39 is 5.97 Å². The second kappa shape index (κ2) is 5.47. The van der Waals surface area contributed by atoms with Crippen molar-refractivity contribution in [1.82, 2.24) is 4.98 Å². The molecule has 0 amide bonds. The van der Waals surface area contributed by atoms with Crippen molar-refractivity contribution in [3.05, 3.63) is 67.6 Å². The third-order valence-electron chi connectivity index (χ3n) is 2.61. The largest absolute Gasteiger partial charge is 0.478 e. The highest BCUT2D eigenvalue weighted by molar-refractivity contribution is 6.42. The molecular weight excluding hydrogens is 289 g/mol. The van der Waals surface area contributed by atoms with Crippen LogP contribution in [0.25, 0.3) is 0 Å². The van der Waals surface area contributed by atoms with Gasteiger partial charge in [-0.05, 0) is 23.8 Å². The predicted octanol–water partition coefficient (Wildman–Crippen LogP) is 2.97. The maximum absolute atomic E-state index is 11.6. The number of halogens is 2. The fourth-order valence-corrected chi connectivity index (χ4v) is 1.98. The van der Waals surface area contributed by atoms with Crippen molar-refractivity contribution < 1.29 is 9.90 Å². The second-order valence-corrected chi connectivity index (χ2v) is 4.79. The minimum atomic E-state index is -1.09. The van der Waals surface area contributed by atoms with E-state index in [4.69, 9.17) is 28.3 Å². The number of carboxylic acid groups (broad SMARTS) is 1. The third-order valence-corrected chi connectivity index (χ3v) is 3.34. The number of aromatic nitrogens is 1. The summed E-state index contributed by atoms with van der Waals surface area (Å²) in [5.41, 5.74) is 0.853. The lowest BCUT2D eigenvalue weighted by Crippen LogP contribution is -2.14.